The summed E-state index contributed by atoms with van der Waals surface area (Å²) in [5.74, 6) is -1.58. The van der Waals surface area contributed by atoms with Crippen LogP contribution in [0.1, 0.15) is 37.2 Å². The predicted octanol–water partition coefficient (Wildman–Crippen LogP) is 1.11. The van der Waals surface area contributed by atoms with Crippen molar-refractivity contribution in [1.82, 2.24) is 10.2 Å². The molecule has 21 heavy (non-hydrogen) atoms. The van der Waals surface area contributed by atoms with Crippen molar-refractivity contribution in [2.24, 2.45) is 0 Å². The van der Waals surface area contributed by atoms with E-state index in [2.05, 4.69) is 5.32 Å². The summed E-state index contributed by atoms with van der Waals surface area (Å²) in [5.41, 5.74) is 0. The van der Waals surface area contributed by atoms with E-state index in [1.807, 2.05) is 6.92 Å². The monoisotopic (exact) mass is 296 g/mol. The Bertz CT molecular complexity index is 484. The van der Waals surface area contributed by atoms with Gasteiger partial charge in [-0.15, -0.1) is 0 Å². The van der Waals surface area contributed by atoms with E-state index in [1.54, 1.807) is 13.0 Å². The number of carbonyl (C=O) groups excluding carboxylic acids is 2. The number of carboxylic acids is 1. The van der Waals surface area contributed by atoms with Crippen LogP contribution < -0.4 is 5.32 Å². The second-order valence-corrected chi connectivity index (χ2v) is 4.66. The lowest BCUT2D eigenvalue weighted by Gasteiger charge is -2.27. The third-order valence-electron chi connectivity index (χ3n) is 3.12. The van der Waals surface area contributed by atoms with Crippen molar-refractivity contribution in [1.29, 1.82) is 0 Å². The lowest BCUT2D eigenvalue weighted by molar-refractivity contribution is -0.146. The SMILES string of the molecule is CCC(C)N(CC(=O)O)C(=O)CCNC(=O)c1ccco1. The molecule has 1 rings (SSSR count). The fourth-order valence-electron chi connectivity index (χ4n) is 1.78. The largest absolute Gasteiger partial charge is 0.480 e. The van der Waals surface area contributed by atoms with Crippen molar-refractivity contribution in [2.45, 2.75) is 32.7 Å². The van der Waals surface area contributed by atoms with Crippen molar-refractivity contribution < 1.29 is 23.9 Å². The molecule has 0 radical (unpaired) electrons. The highest BCUT2D eigenvalue weighted by molar-refractivity contribution is 5.91. The molecule has 0 fully saturated rings. The summed E-state index contributed by atoms with van der Waals surface area (Å²) in [5, 5.41) is 11.4. The van der Waals surface area contributed by atoms with Crippen LogP contribution in [0, 0.1) is 0 Å². The molecular formula is C14H20N2O5. The molecule has 1 aromatic heterocycles. The number of carboxylic acid groups (broad SMARTS) is 1. The number of furan rings is 1. The number of rotatable bonds is 8. The second-order valence-electron chi connectivity index (χ2n) is 4.66. The summed E-state index contributed by atoms with van der Waals surface area (Å²) in [6.45, 7) is 3.47. The summed E-state index contributed by atoms with van der Waals surface area (Å²) in [4.78, 5) is 35.7. The minimum absolute atomic E-state index is 0.0457. The zero-order valence-electron chi connectivity index (χ0n) is 12.2. The van der Waals surface area contributed by atoms with Gasteiger partial charge in [-0.3, -0.25) is 14.4 Å². The van der Waals surface area contributed by atoms with Gasteiger partial charge < -0.3 is 19.7 Å². The Morgan fingerprint density at radius 2 is 2.14 bits per heavy atom. The highest BCUT2D eigenvalue weighted by Crippen LogP contribution is 2.06. The molecule has 0 aliphatic rings. The Morgan fingerprint density at radius 1 is 1.43 bits per heavy atom. The highest BCUT2D eigenvalue weighted by Gasteiger charge is 2.21. The number of hydrogen-bond acceptors (Lipinski definition) is 4. The molecule has 0 aliphatic heterocycles. The minimum atomic E-state index is -1.05. The van der Waals surface area contributed by atoms with Crippen molar-refractivity contribution in [3.05, 3.63) is 24.2 Å². The first-order chi connectivity index (χ1) is 9.95. The van der Waals surface area contributed by atoms with Crippen LogP contribution in [0.4, 0.5) is 0 Å². The van der Waals surface area contributed by atoms with E-state index < -0.39 is 11.9 Å². The Morgan fingerprint density at radius 3 is 2.67 bits per heavy atom. The van der Waals surface area contributed by atoms with Gasteiger partial charge >= 0.3 is 5.97 Å². The Hall–Kier alpha value is -2.31. The van der Waals surface area contributed by atoms with E-state index in [0.717, 1.165) is 0 Å². The van der Waals surface area contributed by atoms with Crippen LogP contribution in [0.5, 0.6) is 0 Å². The zero-order chi connectivity index (χ0) is 15.8. The van der Waals surface area contributed by atoms with E-state index in [0.29, 0.717) is 6.42 Å². The maximum Gasteiger partial charge on any atom is 0.323 e. The summed E-state index contributed by atoms with van der Waals surface area (Å²) in [6.07, 6.45) is 2.10. The van der Waals surface area contributed by atoms with Crippen LogP contribution in [0.25, 0.3) is 0 Å². The molecule has 0 spiro atoms. The van der Waals surface area contributed by atoms with Crippen LogP contribution in [0.2, 0.25) is 0 Å². The van der Waals surface area contributed by atoms with Gasteiger partial charge in [-0.05, 0) is 25.5 Å². The average Bonchev–Trinajstić information content (AvgIpc) is 2.97. The van der Waals surface area contributed by atoms with Crippen LogP contribution in [0.15, 0.2) is 22.8 Å². The minimum Gasteiger partial charge on any atom is -0.480 e. The topological polar surface area (TPSA) is 99.9 Å². The molecule has 1 unspecified atom stereocenters. The number of amides is 2. The maximum absolute atomic E-state index is 12.0. The third kappa shape index (κ3) is 5.29. The third-order valence-corrected chi connectivity index (χ3v) is 3.12. The van der Waals surface area contributed by atoms with Crippen LogP contribution in [-0.2, 0) is 9.59 Å². The van der Waals surface area contributed by atoms with E-state index >= 15 is 0 Å². The fraction of sp³-hybridized carbons (Fsp3) is 0.500. The second kappa shape index (κ2) is 8.08. The van der Waals surface area contributed by atoms with Gasteiger partial charge in [-0.2, -0.15) is 0 Å². The molecule has 7 heteroatoms. The fourth-order valence-corrected chi connectivity index (χ4v) is 1.78. The summed E-state index contributed by atoms with van der Waals surface area (Å²) < 4.78 is 4.92. The molecule has 0 saturated heterocycles. The van der Waals surface area contributed by atoms with E-state index in [1.165, 1.54) is 17.2 Å². The highest BCUT2D eigenvalue weighted by atomic mass is 16.4. The molecule has 116 valence electrons. The zero-order valence-corrected chi connectivity index (χ0v) is 12.2. The molecule has 2 amide bonds. The quantitative estimate of drug-likeness (QED) is 0.748. The van der Waals surface area contributed by atoms with E-state index in [-0.39, 0.29) is 37.2 Å². The smallest absolute Gasteiger partial charge is 0.323 e. The molecule has 1 aromatic rings. The summed E-state index contributed by atoms with van der Waals surface area (Å²) in [6, 6.07) is 2.96. The average molecular weight is 296 g/mol. The molecule has 1 atom stereocenters. The van der Waals surface area contributed by atoms with Crippen molar-refractivity contribution in [3.8, 4) is 0 Å². The predicted molar refractivity (Wildman–Crippen MR) is 74.8 cm³/mol. The number of nitrogens with zero attached hydrogens (tertiary/aromatic N) is 1. The molecule has 0 aromatic carbocycles. The van der Waals surface area contributed by atoms with Crippen LogP contribution >= 0.6 is 0 Å². The van der Waals surface area contributed by atoms with Crippen molar-refractivity contribution >= 4 is 17.8 Å². The molecule has 0 bridgehead atoms. The molecule has 7 nitrogen and oxygen atoms in total. The van der Waals surface area contributed by atoms with E-state index in [4.69, 9.17) is 9.52 Å². The van der Waals surface area contributed by atoms with Gasteiger partial charge in [0.2, 0.25) is 5.91 Å². The molecule has 0 saturated carbocycles. The number of nitrogens with one attached hydrogen (secondary N) is 1. The first-order valence-corrected chi connectivity index (χ1v) is 6.78. The Labute approximate surface area is 122 Å². The van der Waals surface area contributed by atoms with Gasteiger partial charge in [0.1, 0.15) is 6.54 Å². The Balaban J connectivity index is 2.46. The van der Waals surface area contributed by atoms with Gasteiger partial charge in [0.25, 0.3) is 5.91 Å². The van der Waals surface area contributed by atoms with Gasteiger partial charge in [-0.1, -0.05) is 6.92 Å². The molecule has 2 N–H and O–H groups in total. The first kappa shape index (κ1) is 16.7. The van der Waals surface area contributed by atoms with Crippen LogP contribution in [-0.4, -0.2) is 46.9 Å². The van der Waals surface area contributed by atoms with E-state index in [9.17, 15) is 14.4 Å². The van der Waals surface area contributed by atoms with Crippen molar-refractivity contribution in [3.63, 3.8) is 0 Å². The van der Waals surface area contributed by atoms with Gasteiger partial charge in [-0.25, -0.2) is 0 Å². The standard InChI is InChI=1S/C14H20N2O5/c1-3-10(2)16(9-13(18)19)12(17)6-7-15-14(20)11-5-4-8-21-11/h4-5,8,10H,3,6-7,9H2,1-2H3,(H,15,20)(H,18,19). The van der Waals surface area contributed by atoms with Crippen LogP contribution in [0.3, 0.4) is 0 Å². The molecular weight excluding hydrogens is 276 g/mol. The van der Waals surface area contributed by atoms with Crippen molar-refractivity contribution in [2.75, 3.05) is 13.1 Å². The lowest BCUT2D eigenvalue weighted by Crippen LogP contribution is -2.43. The summed E-state index contributed by atoms with van der Waals surface area (Å²) in [7, 11) is 0. The van der Waals surface area contributed by atoms with Gasteiger partial charge in [0.15, 0.2) is 5.76 Å². The number of aliphatic carboxylic acids is 1. The number of carbonyl (C=O) groups is 3. The normalized spacial score (nSPS) is 11.7. The van der Waals surface area contributed by atoms with Gasteiger partial charge in [0.05, 0.1) is 6.26 Å². The number of hydrogen-bond donors (Lipinski definition) is 2. The Kier molecular flexibility index (Phi) is 6.45. The summed E-state index contributed by atoms with van der Waals surface area (Å²) >= 11 is 0. The van der Waals surface area contributed by atoms with Gasteiger partial charge in [0, 0.05) is 19.0 Å². The lowest BCUT2D eigenvalue weighted by atomic mass is 10.2. The molecule has 1 heterocycles. The first-order valence-electron chi connectivity index (χ1n) is 6.78. The maximum atomic E-state index is 12.0. The molecule has 0 aliphatic carbocycles.